The van der Waals surface area contributed by atoms with Gasteiger partial charge in [-0.2, -0.15) is 4.68 Å². The van der Waals surface area contributed by atoms with Gasteiger partial charge in [0.15, 0.2) is 0 Å². The summed E-state index contributed by atoms with van der Waals surface area (Å²) in [4.78, 5) is 11.8. The van der Waals surface area contributed by atoms with E-state index in [1.54, 1.807) is 4.68 Å². The van der Waals surface area contributed by atoms with Gasteiger partial charge in [0.05, 0.1) is 10.9 Å². The quantitative estimate of drug-likeness (QED) is 0.868. The average molecular weight is 288 g/mol. The van der Waals surface area contributed by atoms with Crippen molar-refractivity contribution in [1.82, 2.24) is 20.2 Å². The number of carbonyl (C=O) groups excluding carboxylic acids is 1. The molecule has 1 saturated carbocycles. The maximum absolute atomic E-state index is 11.8. The number of hydrogen-bond donors (Lipinski definition) is 0. The Bertz CT molecular complexity index is 652. The number of tetrazole rings is 1. The maximum atomic E-state index is 11.8. The van der Waals surface area contributed by atoms with Crippen molar-refractivity contribution in [2.45, 2.75) is 43.5 Å². The van der Waals surface area contributed by atoms with Crippen molar-refractivity contribution in [2.24, 2.45) is 0 Å². The standard InChI is InChI=1S/C14H16N4OS/c1-9-6-7-10(2)11(8-9)18-14(15-16-17-18)20-13-5-3-4-12(13)19/h6-8,13H,3-5H2,1-2H3/t13-/m0/s1. The van der Waals surface area contributed by atoms with Crippen molar-refractivity contribution in [1.29, 1.82) is 0 Å². The van der Waals surface area contributed by atoms with Crippen LogP contribution >= 0.6 is 11.8 Å². The third kappa shape index (κ3) is 2.47. The number of aromatic nitrogens is 4. The van der Waals surface area contributed by atoms with Gasteiger partial charge >= 0.3 is 0 Å². The van der Waals surface area contributed by atoms with E-state index in [0.717, 1.165) is 29.7 Å². The Labute approximate surface area is 121 Å². The molecule has 0 unspecified atom stereocenters. The summed E-state index contributed by atoms with van der Waals surface area (Å²) in [5.41, 5.74) is 3.25. The third-order valence-electron chi connectivity index (χ3n) is 3.53. The first kappa shape index (κ1) is 13.3. The Kier molecular flexibility index (Phi) is 3.56. The largest absolute Gasteiger partial charge is 0.298 e. The highest BCUT2D eigenvalue weighted by molar-refractivity contribution is 8.00. The molecule has 1 aromatic heterocycles. The zero-order valence-electron chi connectivity index (χ0n) is 11.5. The predicted molar refractivity (Wildman–Crippen MR) is 77.1 cm³/mol. The summed E-state index contributed by atoms with van der Waals surface area (Å²) in [6.45, 7) is 4.08. The summed E-state index contributed by atoms with van der Waals surface area (Å²) < 4.78 is 1.73. The molecule has 1 aliphatic rings. The number of ketones is 1. The van der Waals surface area contributed by atoms with Crippen LogP contribution in [-0.2, 0) is 4.79 Å². The minimum atomic E-state index is 0.00450. The van der Waals surface area contributed by atoms with E-state index < -0.39 is 0 Å². The third-order valence-corrected chi connectivity index (χ3v) is 4.78. The monoisotopic (exact) mass is 288 g/mol. The lowest BCUT2D eigenvalue weighted by molar-refractivity contribution is -0.116. The van der Waals surface area contributed by atoms with E-state index in [0.29, 0.717) is 17.4 Å². The van der Waals surface area contributed by atoms with E-state index in [1.807, 2.05) is 13.8 Å². The van der Waals surface area contributed by atoms with Crippen molar-refractivity contribution >= 4 is 17.5 Å². The van der Waals surface area contributed by atoms with Gasteiger partial charge in [0.1, 0.15) is 5.78 Å². The highest BCUT2D eigenvalue weighted by Crippen LogP contribution is 2.32. The summed E-state index contributed by atoms with van der Waals surface area (Å²) >= 11 is 1.48. The van der Waals surface area contributed by atoms with Crippen molar-refractivity contribution in [3.8, 4) is 5.69 Å². The number of aryl methyl sites for hydroxylation is 2. The molecule has 1 fully saturated rings. The molecule has 20 heavy (non-hydrogen) atoms. The Balaban J connectivity index is 1.93. The van der Waals surface area contributed by atoms with Gasteiger partial charge in [-0.3, -0.25) is 4.79 Å². The van der Waals surface area contributed by atoms with Crippen molar-refractivity contribution in [3.63, 3.8) is 0 Å². The van der Waals surface area contributed by atoms with E-state index in [1.165, 1.54) is 11.8 Å². The average Bonchev–Trinajstić information content (AvgIpc) is 3.03. The van der Waals surface area contributed by atoms with Gasteiger partial charge in [-0.1, -0.05) is 23.9 Å². The first-order valence-corrected chi connectivity index (χ1v) is 7.58. The van der Waals surface area contributed by atoms with Gasteiger partial charge < -0.3 is 0 Å². The van der Waals surface area contributed by atoms with Crippen molar-refractivity contribution in [2.75, 3.05) is 0 Å². The van der Waals surface area contributed by atoms with Crippen LogP contribution in [0.2, 0.25) is 0 Å². The molecule has 0 N–H and O–H groups in total. The molecular formula is C14H16N4OS. The number of carbonyl (C=O) groups is 1. The van der Waals surface area contributed by atoms with Crippen LogP contribution in [0.3, 0.4) is 0 Å². The number of hydrogen-bond acceptors (Lipinski definition) is 5. The first-order valence-electron chi connectivity index (χ1n) is 6.70. The lowest BCUT2D eigenvalue weighted by Gasteiger charge is -2.10. The Morgan fingerprint density at radius 1 is 1.35 bits per heavy atom. The van der Waals surface area contributed by atoms with E-state index in [4.69, 9.17) is 0 Å². The fourth-order valence-corrected chi connectivity index (χ4v) is 3.49. The molecule has 1 aromatic carbocycles. The van der Waals surface area contributed by atoms with Gasteiger partial charge in [0, 0.05) is 6.42 Å². The predicted octanol–water partition coefficient (Wildman–Crippen LogP) is 2.49. The molecule has 0 spiro atoms. The Morgan fingerprint density at radius 3 is 2.95 bits per heavy atom. The van der Waals surface area contributed by atoms with Crippen LogP contribution in [0.1, 0.15) is 30.4 Å². The molecule has 1 atom stereocenters. The molecule has 1 aliphatic carbocycles. The van der Waals surface area contributed by atoms with E-state index >= 15 is 0 Å². The topological polar surface area (TPSA) is 60.7 Å². The second-order valence-electron chi connectivity index (χ2n) is 5.13. The fourth-order valence-electron chi connectivity index (χ4n) is 2.39. The van der Waals surface area contributed by atoms with Crippen molar-refractivity contribution < 1.29 is 4.79 Å². The van der Waals surface area contributed by atoms with Crippen LogP contribution in [0.15, 0.2) is 23.4 Å². The van der Waals surface area contributed by atoms with E-state index in [2.05, 4.69) is 33.7 Å². The summed E-state index contributed by atoms with van der Waals surface area (Å²) in [6.07, 6.45) is 2.58. The molecule has 0 amide bonds. The normalized spacial score (nSPS) is 18.7. The fraction of sp³-hybridized carbons (Fsp3) is 0.429. The lowest BCUT2D eigenvalue weighted by Crippen LogP contribution is -2.10. The van der Waals surface area contributed by atoms with Crippen LogP contribution in [0.4, 0.5) is 0 Å². The van der Waals surface area contributed by atoms with Crippen LogP contribution in [-0.4, -0.2) is 31.2 Å². The molecule has 0 aliphatic heterocycles. The molecule has 2 aromatic rings. The van der Waals surface area contributed by atoms with Gasteiger partial charge in [-0.05, 0) is 54.3 Å². The zero-order valence-corrected chi connectivity index (χ0v) is 12.4. The van der Waals surface area contributed by atoms with Crippen LogP contribution < -0.4 is 0 Å². The van der Waals surface area contributed by atoms with Crippen molar-refractivity contribution in [3.05, 3.63) is 29.3 Å². The second-order valence-corrected chi connectivity index (χ2v) is 6.30. The molecule has 3 rings (SSSR count). The molecule has 0 radical (unpaired) electrons. The summed E-state index contributed by atoms with van der Waals surface area (Å²) in [7, 11) is 0. The Morgan fingerprint density at radius 2 is 2.20 bits per heavy atom. The maximum Gasteiger partial charge on any atom is 0.214 e. The van der Waals surface area contributed by atoms with Gasteiger partial charge in [-0.15, -0.1) is 5.10 Å². The molecule has 0 saturated heterocycles. The highest BCUT2D eigenvalue weighted by Gasteiger charge is 2.27. The minimum absolute atomic E-state index is 0.00450. The number of nitrogens with zero attached hydrogens (tertiary/aromatic N) is 4. The first-order chi connectivity index (χ1) is 9.65. The smallest absolute Gasteiger partial charge is 0.214 e. The van der Waals surface area contributed by atoms with Crippen LogP contribution in [0, 0.1) is 13.8 Å². The number of thioether (sulfide) groups is 1. The molecule has 5 nitrogen and oxygen atoms in total. The van der Waals surface area contributed by atoms with Crippen LogP contribution in [0.5, 0.6) is 0 Å². The summed E-state index contributed by atoms with van der Waals surface area (Å²) in [5.74, 6) is 0.311. The van der Waals surface area contributed by atoms with Gasteiger partial charge in [0.25, 0.3) is 0 Å². The summed E-state index contributed by atoms with van der Waals surface area (Å²) in [6, 6.07) is 6.18. The molecule has 104 valence electrons. The zero-order chi connectivity index (χ0) is 14.1. The van der Waals surface area contributed by atoms with E-state index in [-0.39, 0.29) is 5.25 Å². The molecule has 1 heterocycles. The number of rotatable bonds is 3. The minimum Gasteiger partial charge on any atom is -0.298 e. The highest BCUT2D eigenvalue weighted by atomic mass is 32.2. The number of benzene rings is 1. The van der Waals surface area contributed by atoms with Gasteiger partial charge in [-0.25, -0.2) is 0 Å². The molecule has 6 heteroatoms. The Hall–Kier alpha value is -1.69. The SMILES string of the molecule is Cc1ccc(C)c(-n2nnnc2S[C@H]2CCCC2=O)c1. The van der Waals surface area contributed by atoms with E-state index in [9.17, 15) is 4.79 Å². The second kappa shape index (κ2) is 5.36. The summed E-state index contributed by atoms with van der Waals surface area (Å²) in [5, 5.41) is 12.6. The van der Waals surface area contributed by atoms with Crippen LogP contribution in [0.25, 0.3) is 5.69 Å². The molecule has 0 bridgehead atoms. The van der Waals surface area contributed by atoms with Gasteiger partial charge in [0.2, 0.25) is 5.16 Å². The lowest BCUT2D eigenvalue weighted by atomic mass is 10.1. The number of Topliss-reactive ketones (excluding diaryl/α,β-unsaturated/α-hetero) is 1. The molecular weight excluding hydrogens is 272 g/mol.